The molecule has 0 aliphatic carbocycles. The number of aliphatic carboxylic acids is 1. The first-order valence-corrected chi connectivity index (χ1v) is 5.90. The standard InChI is InChI=1S/C13H18N2O4/c1-9(12(16)17)14-15-11(13(18)19-2)8-10-6-4-3-5-7-10/h3-7,9,11,14-15H,8H2,1-2H3,(H,16,17)/t9-,11-/m0/s1. The summed E-state index contributed by atoms with van der Waals surface area (Å²) in [6, 6.07) is 7.95. The minimum atomic E-state index is -1.00. The third kappa shape index (κ3) is 5.07. The lowest BCUT2D eigenvalue weighted by atomic mass is 10.1. The molecule has 0 saturated carbocycles. The molecule has 6 nitrogen and oxygen atoms in total. The summed E-state index contributed by atoms with van der Waals surface area (Å²) in [4.78, 5) is 22.3. The van der Waals surface area contributed by atoms with Gasteiger partial charge in [-0.3, -0.25) is 9.59 Å². The van der Waals surface area contributed by atoms with Crippen LogP contribution in [0.1, 0.15) is 12.5 Å². The van der Waals surface area contributed by atoms with Crippen molar-refractivity contribution in [1.29, 1.82) is 0 Å². The molecule has 0 aromatic heterocycles. The van der Waals surface area contributed by atoms with Crippen LogP contribution in [0.2, 0.25) is 0 Å². The topological polar surface area (TPSA) is 87.7 Å². The van der Waals surface area contributed by atoms with Gasteiger partial charge in [-0.25, -0.2) is 10.9 Å². The number of benzene rings is 1. The molecule has 6 heteroatoms. The van der Waals surface area contributed by atoms with E-state index in [1.54, 1.807) is 0 Å². The van der Waals surface area contributed by atoms with Gasteiger partial charge in [0, 0.05) is 0 Å². The zero-order valence-corrected chi connectivity index (χ0v) is 10.9. The summed E-state index contributed by atoms with van der Waals surface area (Å²) in [7, 11) is 1.29. The molecular weight excluding hydrogens is 248 g/mol. The number of methoxy groups -OCH3 is 1. The molecular formula is C13H18N2O4. The number of carboxylic acid groups (broad SMARTS) is 1. The second kappa shape index (κ2) is 7.50. The van der Waals surface area contributed by atoms with Gasteiger partial charge in [-0.05, 0) is 18.9 Å². The van der Waals surface area contributed by atoms with Crippen LogP contribution < -0.4 is 10.9 Å². The number of carbonyl (C=O) groups excluding carboxylic acids is 1. The van der Waals surface area contributed by atoms with E-state index in [0.29, 0.717) is 6.42 Å². The number of rotatable bonds is 7. The van der Waals surface area contributed by atoms with Gasteiger partial charge < -0.3 is 9.84 Å². The van der Waals surface area contributed by atoms with Gasteiger partial charge >= 0.3 is 11.9 Å². The second-order valence-electron chi connectivity index (χ2n) is 4.11. The van der Waals surface area contributed by atoms with E-state index in [-0.39, 0.29) is 0 Å². The van der Waals surface area contributed by atoms with E-state index in [9.17, 15) is 9.59 Å². The van der Waals surface area contributed by atoms with Crippen molar-refractivity contribution in [2.45, 2.75) is 25.4 Å². The van der Waals surface area contributed by atoms with E-state index in [2.05, 4.69) is 15.6 Å². The van der Waals surface area contributed by atoms with E-state index in [1.807, 2.05) is 30.3 Å². The number of nitrogens with one attached hydrogen (secondary N) is 2. The van der Waals surface area contributed by atoms with Crippen LogP contribution in [0, 0.1) is 0 Å². The van der Waals surface area contributed by atoms with Crippen molar-refractivity contribution in [2.75, 3.05) is 7.11 Å². The predicted molar refractivity (Wildman–Crippen MR) is 69.3 cm³/mol. The molecule has 104 valence electrons. The molecule has 0 aliphatic heterocycles. The Morgan fingerprint density at radius 3 is 2.42 bits per heavy atom. The Hall–Kier alpha value is -1.92. The number of hydrazine groups is 1. The molecule has 0 unspecified atom stereocenters. The quantitative estimate of drug-likeness (QED) is 0.487. The predicted octanol–water partition coefficient (Wildman–Crippen LogP) is 0.338. The highest BCUT2D eigenvalue weighted by Crippen LogP contribution is 2.04. The third-order valence-electron chi connectivity index (χ3n) is 2.61. The highest BCUT2D eigenvalue weighted by atomic mass is 16.5. The molecule has 1 rings (SSSR count). The normalized spacial score (nSPS) is 13.6. The van der Waals surface area contributed by atoms with Gasteiger partial charge in [0.1, 0.15) is 12.1 Å². The van der Waals surface area contributed by atoms with Crippen molar-refractivity contribution in [3.05, 3.63) is 35.9 Å². The maximum atomic E-state index is 11.6. The lowest BCUT2D eigenvalue weighted by molar-refractivity contribution is -0.145. The van der Waals surface area contributed by atoms with Crippen molar-refractivity contribution in [3.8, 4) is 0 Å². The molecule has 0 spiro atoms. The Kier molecular flexibility index (Phi) is 5.98. The second-order valence-corrected chi connectivity index (χ2v) is 4.11. The lowest BCUT2D eigenvalue weighted by Gasteiger charge is -2.19. The van der Waals surface area contributed by atoms with Gasteiger partial charge in [0.15, 0.2) is 0 Å². The molecule has 19 heavy (non-hydrogen) atoms. The van der Waals surface area contributed by atoms with Crippen LogP contribution >= 0.6 is 0 Å². The van der Waals surface area contributed by atoms with Crippen LogP contribution in [-0.4, -0.2) is 36.2 Å². The van der Waals surface area contributed by atoms with E-state index >= 15 is 0 Å². The summed E-state index contributed by atoms with van der Waals surface area (Å²) in [5.41, 5.74) is 6.22. The van der Waals surface area contributed by atoms with Crippen LogP contribution in [0.25, 0.3) is 0 Å². The summed E-state index contributed by atoms with van der Waals surface area (Å²) in [5.74, 6) is -1.45. The number of carboxylic acids is 1. The van der Waals surface area contributed by atoms with Crippen LogP contribution in [-0.2, 0) is 20.7 Å². The first-order chi connectivity index (χ1) is 9.04. The summed E-state index contributed by atoms with van der Waals surface area (Å²) in [5, 5.41) is 8.76. The fraction of sp³-hybridized carbons (Fsp3) is 0.385. The van der Waals surface area contributed by atoms with E-state index < -0.39 is 24.0 Å². The molecule has 0 saturated heterocycles. The Balaban J connectivity index is 2.62. The SMILES string of the molecule is COC(=O)[C@H](Cc1ccccc1)NN[C@@H](C)C(=O)O. The fourth-order valence-corrected chi connectivity index (χ4v) is 1.47. The number of ether oxygens (including phenoxy) is 1. The zero-order valence-electron chi connectivity index (χ0n) is 10.9. The molecule has 1 aromatic carbocycles. The van der Waals surface area contributed by atoms with Crippen molar-refractivity contribution in [3.63, 3.8) is 0 Å². The smallest absolute Gasteiger partial charge is 0.324 e. The van der Waals surface area contributed by atoms with E-state index in [1.165, 1.54) is 14.0 Å². The Morgan fingerprint density at radius 1 is 1.26 bits per heavy atom. The molecule has 3 N–H and O–H groups in total. The molecule has 0 radical (unpaired) electrons. The van der Waals surface area contributed by atoms with Gasteiger partial charge in [-0.2, -0.15) is 0 Å². The molecule has 2 atom stereocenters. The number of hydrogen-bond acceptors (Lipinski definition) is 5. The van der Waals surface area contributed by atoms with Crippen molar-refractivity contribution in [2.24, 2.45) is 0 Å². The van der Waals surface area contributed by atoms with Gasteiger partial charge in [-0.1, -0.05) is 30.3 Å². The summed E-state index contributed by atoms with van der Waals surface area (Å²) < 4.78 is 4.69. The summed E-state index contributed by atoms with van der Waals surface area (Å²) >= 11 is 0. The Morgan fingerprint density at radius 2 is 1.89 bits per heavy atom. The first kappa shape index (κ1) is 15.1. The Bertz CT molecular complexity index is 422. The molecule has 1 aromatic rings. The zero-order chi connectivity index (χ0) is 14.3. The molecule has 0 aliphatic rings. The maximum absolute atomic E-state index is 11.6. The van der Waals surface area contributed by atoms with Crippen LogP contribution in [0.4, 0.5) is 0 Å². The van der Waals surface area contributed by atoms with Crippen molar-refractivity contribution in [1.82, 2.24) is 10.9 Å². The van der Waals surface area contributed by atoms with Crippen LogP contribution in [0.15, 0.2) is 30.3 Å². The Labute approximate surface area is 111 Å². The number of esters is 1. The highest BCUT2D eigenvalue weighted by molar-refractivity contribution is 5.76. The maximum Gasteiger partial charge on any atom is 0.324 e. The van der Waals surface area contributed by atoms with Crippen molar-refractivity contribution >= 4 is 11.9 Å². The molecule has 0 heterocycles. The fourth-order valence-electron chi connectivity index (χ4n) is 1.47. The largest absolute Gasteiger partial charge is 0.480 e. The average Bonchev–Trinajstić information content (AvgIpc) is 2.43. The van der Waals surface area contributed by atoms with E-state index in [0.717, 1.165) is 5.56 Å². The van der Waals surface area contributed by atoms with E-state index in [4.69, 9.17) is 5.11 Å². The van der Waals surface area contributed by atoms with Gasteiger partial charge in [-0.15, -0.1) is 0 Å². The lowest BCUT2D eigenvalue weighted by Crippen LogP contribution is -2.52. The van der Waals surface area contributed by atoms with Crippen LogP contribution in [0.3, 0.4) is 0 Å². The third-order valence-corrected chi connectivity index (χ3v) is 2.61. The first-order valence-electron chi connectivity index (χ1n) is 5.90. The summed E-state index contributed by atoms with van der Waals surface area (Å²) in [6.07, 6.45) is 0.410. The minimum absolute atomic E-state index is 0.410. The molecule has 0 amide bonds. The highest BCUT2D eigenvalue weighted by Gasteiger charge is 2.21. The minimum Gasteiger partial charge on any atom is -0.480 e. The molecule has 0 bridgehead atoms. The van der Waals surface area contributed by atoms with Gasteiger partial charge in [0.25, 0.3) is 0 Å². The monoisotopic (exact) mass is 266 g/mol. The van der Waals surface area contributed by atoms with Gasteiger partial charge in [0.05, 0.1) is 7.11 Å². The van der Waals surface area contributed by atoms with Crippen molar-refractivity contribution < 1.29 is 19.4 Å². The van der Waals surface area contributed by atoms with Crippen LogP contribution in [0.5, 0.6) is 0 Å². The average molecular weight is 266 g/mol. The number of hydrogen-bond donors (Lipinski definition) is 3. The molecule has 0 fully saturated rings. The van der Waals surface area contributed by atoms with Gasteiger partial charge in [0.2, 0.25) is 0 Å². The number of carbonyl (C=O) groups is 2. The summed E-state index contributed by atoms with van der Waals surface area (Å²) in [6.45, 7) is 1.48.